The fourth-order valence-electron chi connectivity index (χ4n) is 2.88. The van der Waals surface area contributed by atoms with Crippen molar-refractivity contribution in [2.24, 2.45) is 5.92 Å². The lowest BCUT2D eigenvalue weighted by molar-refractivity contribution is -0.150. The Bertz CT molecular complexity index is 379. The van der Waals surface area contributed by atoms with E-state index >= 15 is 0 Å². The number of hydrogen-bond acceptors (Lipinski definition) is 4. The van der Waals surface area contributed by atoms with E-state index in [4.69, 9.17) is 4.74 Å². The molecule has 19 heavy (non-hydrogen) atoms. The molecule has 3 fully saturated rings. The van der Waals surface area contributed by atoms with Gasteiger partial charge in [0.25, 0.3) is 0 Å². The minimum atomic E-state index is -0.878. The molecule has 3 aliphatic rings. The minimum absolute atomic E-state index is 0.00704. The van der Waals surface area contributed by atoms with Crippen molar-refractivity contribution in [3.8, 4) is 0 Å². The molecule has 0 bridgehead atoms. The Morgan fingerprint density at radius 2 is 2.11 bits per heavy atom. The number of hydrogen-bond donors (Lipinski definition) is 1. The number of carbonyl (C=O) groups excluding carboxylic acids is 1. The molecule has 5 nitrogen and oxygen atoms in total. The van der Waals surface area contributed by atoms with Gasteiger partial charge in [-0.3, -0.25) is 4.79 Å². The van der Waals surface area contributed by atoms with Crippen LogP contribution in [0.3, 0.4) is 0 Å². The molecule has 3 unspecified atom stereocenters. The molecule has 106 valence electrons. The number of nitrogens with zero attached hydrogens (tertiary/aromatic N) is 1. The van der Waals surface area contributed by atoms with E-state index in [-0.39, 0.29) is 17.4 Å². The predicted molar refractivity (Wildman–Crippen MR) is 70.8 cm³/mol. The summed E-state index contributed by atoms with van der Waals surface area (Å²) in [7, 11) is 0. The normalized spacial score (nSPS) is 34.7. The van der Waals surface area contributed by atoms with E-state index in [9.17, 15) is 14.7 Å². The molecule has 1 N–H and O–H groups in total. The molecule has 3 atom stereocenters. The maximum Gasteiger partial charge on any atom is 0.327 e. The maximum atomic E-state index is 12.4. The topological polar surface area (TPSA) is 66.8 Å². The Hall–Kier alpha value is -0.750. The lowest BCUT2D eigenvalue weighted by Crippen LogP contribution is -2.47. The summed E-state index contributed by atoms with van der Waals surface area (Å²) < 4.78 is 5.49. The average Bonchev–Trinajstić information content (AvgIpc) is 2.91. The number of rotatable bonds is 4. The summed E-state index contributed by atoms with van der Waals surface area (Å²) in [4.78, 5) is 25.4. The molecule has 2 saturated heterocycles. The molecule has 0 radical (unpaired) electrons. The monoisotopic (exact) mass is 285 g/mol. The highest BCUT2D eigenvalue weighted by Crippen LogP contribution is 2.45. The van der Waals surface area contributed by atoms with Crippen LogP contribution in [0.5, 0.6) is 0 Å². The fraction of sp³-hybridized carbons (Fsp3) is 0.846. The lowest BCUT2D eigenvalue weighted by Gasteiger charge is -2.28. The van der Waals surface area contributed by atoms with Crippen LogP contribution in [0.15, 0.2) is 0 Å². The Morgan fingerprint density at radius 3 is 2.68 bits per heavy atom. The smallest absolute Gasteiger partial charge is 0.327 e. The van der Waals surface area contributed by atoms with Gasteiger partial charge in [-0.25, -0.2) is 4.79 Å². The highest BCUT2D eigenvalue weighted by molar-refractivity contribution is 8.00. The van der Waals surface area contributed by atoms with Gasteiger partial charge in [0.1, 0.15) is 6.04 Å². The quantitative estimate of drug-likeness (QED) is 0.844. The van der Waals surface area contributed by atoms with Gasteiger partial charge in [0.2, 0.25) is 5.91 Å². The number of aliphatic carboxylic acids is 1. The van der Waals surface area contributed by atoms with Crippen LogP contribution in [0.2, 0.25) is 0 Å². The minimum Gasteiger partial charge on any atom is -0.480 e. The Kier molecular flexibility index (Phi) is 3.71. The zero-order chi connectivity index (χ0) is 13.4. The van der Waals surface area contributed by atoms with Gasteiger partial charge < -0.3 is 14.7 Å². The first-order valence-electron chi connectivity index (χ1n) is 6.94. The standard InChI is InChI=1S/C13H19NO4S/c15-11(6-9-2-1-5-18-9)14-10(13(16)17)7-19-12(14)8-3-4-8/h8-10,12H,1-7H2,(H,16,17). The highest BCUT2D eigenvalue weighted by atomic mass is 32.2. The molecule has 1 amide bonds. The van der Waals surface area contributed by atoms with Gasteiger partial charge in [0, 0.05) is 12.4 Å². The first-order valence-corrected chi connectivity index (χ1v) is 7.99. The van der Waals surface area contributed by atoms with Crippen molar-refractivity contribution < 1.29 is 19.4 Å². The second kappa shape index (κ2) is 5.32. The zero-order valence-corrected chi connectivity index (χ0v) is 11.6. The van der Waals surface area contributed by atoms with Crippen molar-refractivity contribution >= 4 is 23.6 Å². The largest absolute Gasteiger partial charge is 0.480 e. The van der Waals surface area contributed by atoms with Gasteiger partial charge in [-0.2, -0.15) is 0 Å². The molecule has 0 aromatic carbocycles. The third kappa shape index (κ3) is 2.74. The summed E-state index contributed by atoms with van der Waals surface area (Å²) in [5.74, 6) is 0.105. The molecule has 2 heterocycles. The molecule has 1 saturated carbocycles. The summed E-state index contributed by atoms with van der Waals surface area (Å²) in [6.07, 6.45) is 4.49. The van der Waals surface area contributed by atoms with Crippen LogP contribution in [0, 0.1) is 5.92 Å². The van der Waals surface area contributed by atoms with Crippen molar-refractivity contribution in [3.63, 3.8) is 0 Å². The van der Waals surface area contributed by atoms with E-state index in [0.717, 1.165) is 32.3 Å². The first-order chi connectivity index (χ1) is 9.16. The molecule has 3 rings (SSSR count). The van der Waals surface area contributed by atoms with Crippen molar-refractivity contribution in [3.05, 3.63) is 0 Å². The van der Waals surface area contributed by atoms with Crippen LogP contribution in [-0.4, -0.2) is 51.8 Å². The zero-order valence-electron chi connectivity index (χ0n) is 10.8. The number of amides is 1. The van der Waals surface area contributed by atoms with Crippen molar-refractivity contribution in [2.75, 3.05) is 12.4 Å². The molecular formula is C13H19NO4S. The number of carboxylic acids is 1. The number of carboxylic acid groups (broad SMARTS) is 1. The Morgan fingerprint density at radius 1 is 1.32 bits per heavy atom. The fourth-order valence-corrected chi connectivity index (χ4v) is 4.54. The summed E-state index contributed by atoms with van der Waals surface area (Å²) >= 11 is 1.63. The van der Waals surface area contributed by atoms with Crippen LogP contribution in [0.25, 0.3) is 0 Å². The molecule has 0 aromatic heterocycles. The van der Waals surface area contributed by atoms with Crippen LogP contribution in [0.1, 0.15) is 32.1 Å². The number of thioether (sulfide) groups is 1. The summed E-state index contributed by atoms with van der Waals surface area (Å²) in [6.45, 7) is 0.723. The van der Waals surface area contributed by atoms with Gasteiger partial charge in [-0.1, -0.05) is 0 Å². The second-order valence-electron chi connectivity index (χ2n) is 5.56. The van der Waals surface area contributed by atoms with E-state index in [2.05, 4.69) is 0 Å². The first kappa shape index (κ1) is 13.2. The molecule has 1 aliphatic carbocycles. The number of ether oxygens (including phenoxy) is 1. The van der Waals surface area contributed by atoms with Gasteiger partial charge in [0.15, 0.2) is 0 Å². The van der Waals surface area contributed by atoms with Crippen LogP contribution >= 0.6 is 11.8 Å². The molecular weight excluding hydrogens is 266 g/mol. The third-order valence-corrected chi connectivity index (χ3v) is 5.52. The van der Waals surface area contributed by atoms with E-state index in [1.165, 1.54) is 0 Å². The molecule has 0 aromatic rings. The van der Waals surface area contributed by atoms with Crippen LogP contribution < -0.4 is 0 Å². The molecule has 2 aliphatic heterocycles. The van der Waals surface area contributed by atoms with Crippen molar-refractivity contribution in [1.29, 1.82) is 0 Å². The van der Waals surface area contributed by atoms with Gasteiger partial charge in [-0.05, 0) is 31.6 Å². The van der Waals surface area contributed by atoms with E-state index in [1.54, 1.807) is 16.7 Å². The predicted octanol–water partition coefficient (Wildman–Crippen LogP) is 1.32. The van der Waals surface area contributed by atoms with E-state index in [0.29, 0.717) is 18.1 Å². The third-order valence-electron chi connectivity index (χ3n) is 4.06. The van der Waals surface area contributed by atoms with Crippen molar-refractivity contribution in [2.45, 2.75) is 49.6 Å². The van der Waals surface area contributed by atoms with Gasteiger partial charge in [-0.15, -0.1) is 11.8 Å². The van der Waals surface area contributed by atoms with E-state index in [1.807, 2.05) is 0 Å². The van der Waals surface area contributed by atoms with Gasteiger partial charge in [0.05, 0.1) is 17.9 Å². The van der Waals surface area contributed by atoms with Crippen molar-refractivity contribution in [1.82, 2.24) is 4.90 Å². The van der Waals surface area contributed by atoms with E-state index < -0.39 is 12.0 Å². The summed E-state index contributed by atoms with van der Waals surface area (Å²) in [6, 6.07) is -0.649. The average molecular weight is 285 g/mol. The molecule has 6 heteroatoms. The lowest BCUT2D eigenvalue weighted by atomic mass is 10.1. The summed E-state index contributed by atoms with van der Waals surface area (Å²) in [5, 5.41) is 9.35. The van der Waals surface area contributed by atoms with Gasteiger partial charge >= 0.3 is 5.97 Å². The highest BCUT2D eigenvalue weighted by Gasteiger charge is 2.48. The van der Waals surface area contributed by atoms with Crippen LogP contribution in [-0.2, 0) is 14.3 Å². The molecule has 0 spiro atoms. The maximum absolute atomic E-state index is 12.4. The summed E-state index contributed by atoms with van der Waals surface area (Å²) in [5.41, 5.74) is 0. The number of carbonyl (C=O) groups is 2. The second-order valence-corrected chi connectivity index (χ2v) is 6.71. The Balaban J connectivity index is 1.69. The SMILES string of the molecule is O=C(O)C1CSC(C2CC2)N1C(=O)CC1CCCO1. The Labute approximate surface area is 116 Å². The van der Waals surface area contributed by atoms with Crippen LogP contribution in [0.4, 0.5) is 0 Å².